The zero-order chi connectivity index (χ0) is 14.5. The van der Waals surface area contributed by atoms with E-state index in [0.29, 0.717) is 17.1 Å². The normalized spacial score (nSPS) is 11.2. The van der Waals surface area contributed by atoms with E-state index in [2.05, 4.69) is 24.1 Å². The molecule has 2 aromatic rings. The SMILES string of the molecule is CC(C)CCCCNC(=O)c1sc2ncccc2c1N. The van der Waals surface area contributed by atoms with Gasteiger partial charge in [-0.15, -0.1) is 11.3 Å². The molecule has 0 fully saturated rings. The summed E-state index contributed by atoms with van der Waals surface area (Å²) in [6, 6.07) is 3.73. The fourth-order valence-electron chi connectivity index (χ4n) is 2.08. The van der Waals surface area contributed by atoms with Crippen molar-refractivity contribution in [1.29, 1.82) is 0 Å². The van der Waals surface area contributed by atoms with Crippen molar-refractivity contribution in [2.45, 2.75) is 33.1 Å². The summed E-state index contributed by atoms with van der Waals surface area (Å²) in [5.41, 5.74) is 6.56. The molecular formula is C15H21N3OS. The van der Waals surface area contributed by atoms with Crippen molar-refractivity contribution in [3.63, 3.8) is 0 Å². The van der Waals surface area contributed by atoms with Gasteiger partial charge >= 0.3 is 0 Å². The molecule has 0 aliphatic rings. The van der Waals surface area contributed by atoms with E-state index in [-0.39, 0.29) is 5.91 Å². The number of nitrogen functional groups attached to an aromatic ring is 1. The Morgan fingerprint density at radius 3 is 2.95 bits per heavy atom. The number of thiophene rings is 1. The first kappa shape index (κ1) is 14.8. The highest BCUT2D eigenvalue weighted by molar-refractivity contribution is 7.21. The van der Waals surface area contributed by atoms with Gasteiger partial charge in [-0.2, -0.15) is 0 Å². The predicted octanol–water partition coefficient (Wildman–Crippen LogP) is 3.43. The third kappa shape index (κ3) is 3.48. The summed E-state index contributed by atoms with van der Waals surface area (Å²) >= 11 is 1.35. The maximum absolute atomic E-state index is 12.1. The van der Waals surface area contributed by atoms with Crippen LogP contribution in [0.25, 0.3) is 10.2 Å². The molecule has 108 valence electrons. The maximum Gasteiger partial charge on any atom is 0.263 e. The van der Waals surface area contributed by atoms with E-state index in [9.17, 15) is 4.79 Å². The Balaban J connectivity index is 1.93. The van der Waals surface area contributed by atoms with Gasteiger partial charge in [0, 0.05) is 18.1 Å². The summed E-state index contributed by atoms with van der Waals surface area (Å²) in [5.74, 6) is 0.630. The second-order valence-electron chi connectivity index (χ2n) is 5.35. The minimum Gasteiger partial charge on any atom is -0.397 e. The summed E-state index contributed by atoms with van der Waals surface area (Å²) in [5, 5.41) is 3.80. The van der Waals surface area contributed by atoms with E-state index in [4.69, 9.17) is 5.73 Å². The summed E-state index contributed by atoms with van der Waals surface area (Å²) in [4.78, 5) is 17.7. The summed E-state index contributed by atoms with van der Waals surface area (Å²) in [6.45, 7) is 5.12. The Labute approximate surface area is 123 Å². The third-order valence-electron chi connectivity index (χ3n) is 3.20. The monoisotopic (exact) mass is 291 g/mol. The highest BCUT2D eigenvalue weighted by Crippen LogP contribution is 2.31. The maximum atomic E-state index is 12.1. The number of hydrogen-bond acceptors (Lipinski definition) is 4. The van der Waals surface area contributed by atoms with E-state index in [1.807, 2.05) is 12.1 Å². The van der Waals surface area contributed by atoms with Crippen LogP contribution in [0.4, 0.5) is 5.69 Å². The quantitative estimate of drug-likeness (QED) is 0.801. The minimum atomic E-state index is -0.0879. The van der Waals surface area contributed by atoms with E-state index >= 15 is 0 Å². The van der Waals surface area contributed by atoms with Gasteiger partial charge in [-0.1, -0.05) is 26.7 Å². The molecule has 0 atom stereocenters. The molecule has 0 spiro atoms. The van der Waals surface area contributed by atoms with E-state index in [0.717, 1.165) is 29.0 Å². The molecule has 4 nitrogen and oxygen atoms in total. The van der Waals surface area contributed by atoms with Gasteiger partial charge in [-0.05, 0) is 24.5 Å². The van der Waals surface area contributed by atoms with Gasteiger partial charge in [-0.3, -0.25) is 4.79 Å². The largest absolute Gasteiger partial charge is 0.397 e. The summed E-state index contributed by atoms with van der Waals surface area (Å²) < 4.78 is 0. The van der Waals surface area contributed by atoms with Gasteiger partial charge in [0.15, 0.2) is 0 Å². The van der Waals surface area contributed by atoms with Crippen LogP contribution in [0.3, 0.4) is 0 Å². The van der Waals surface area contributed by atoms with E-state index < -0.39 is 0 Å². The third-order valence-corrected chi connectivity index (χ3v) is 4.33. The Morgan fingerprint density at radius 2 is 2.25 bits per heavy atom. The van der Waals surface area contributed by atoms with Crippen molar-refractivity contribution in [3.05, 3.63) is 23.2 Å². The van der Waals surface area contributed by atoms with Crippen LogP contribution in [-0.4, -0.2) is 17.4 Å². The molecule has 0 saturated carbocycles. The Hall–Kier alpha value is -1.62. The fourth-order valence-corrected chi connectivity index (χ4v) is 3.06. The number of aromatic nitrogens is 1. The fraction of sp³-hybridized carbons (Fsp3) is 0.467. The van der Waals surface area contributed by atoms with Crippen LogP contribution in [0, 0.1) is 5.92 Å². The molecule has 5 heteroatoms. The van der Waals surface area contributed by atoms with Crippen molar-refractivity contribution >= 4 is 33.1 Å². The molecule has 20 heavy (non-hydrogen) atoms. The molecule has 2 heterocycles. The average molecular weight is 291 g/mol. The van der Waals surface area contributed by atoms with Crippen LogP contribution in [0.5, 0.6) is 0 Å². The molecule has 0 aliphatic carbocycles. The van der Waals surface area contributed by atoms with E-state index in [1.165, 1.54) is 17.8 Å². The number of carbonyl (C=O) groups is 1. The number of pyridine rings is 1. The number of nitrogens with one attached hydrogen (secondary N) is 1. The number of hydrogen-bond donors (Lipinski definition) is 2. The van der Waals surface area contributed by atoms with Crippen LogP contribution in [0.2, 0.25) is 0 Å². The molecule has 1 amide bonds. The van der Waals surface area contributed by atoms with Crippen molar-refractivity contribution in [2.75, 3.05) is 12.3 Å². The number of rotatable bonds is 6. The first-order chi connectivity index (χ1) is 9.59. The Kier molecular flexibility index (Phi) is 4.95. The van der Waals surface area contributed by atoms with Crippen LogP contribution < -0.4 is 11.1 Å². The standard InChI is InChI=1S/C15H21N3OS/c1-10(2)6-3-4-8-17-14(19)13-12(16)11-7-5-9-18-15(11)20-13/h5,7,9-10H,3-4,6,8,16H2,1-2H3,(H,17,19). The molecule has 0 bridgehead atoms. The lowest BCUT2D eigenvalue weighted by atomic mass is 10.1. The Bertz CT molecular complexity index is 592. The van der Waals surface area contributed by atoms with Gasteiger partial charge in [0.05, 0.1) is 5.69 Å². The molecule has 0 saturated heterocycles. The highest BCUT2D eigenvalue weighted by Gasteiger charge is 2.16. The topological polar surface area (TPSA) is 68.0 Å². The van der Waals surface area contributed by atoms with Crippen molar-refractivity contribution in [3.8, 4) is 0 Å². The van der Waals surface area contributed by atoms with Gasteiger partial charge in [-0.25, -0.2) is 4.98 Å². The van der Waals surface area contributed by atoms with Crippen LogP contribution in [0.15, 0.2) is 18.3 Å². The first-order valence-corrected chi connectivity index (χ1v) is 7.82. The van der Waals surface area contributed by atoms with Crippen LogP contribution >= 0.6 is 11.3 Å². The van der Waals surface area contributed by atoms with Crippen molar-refractivity contribution in [2.24, 2.45) is 5.92 Å². The first-order valence-electron chi connectivity index (χ1n) is 7.00. The summed E-state index contributed by atoms with van der Waals surface area (Å²) in [7, 11) is 0. The smallest absolute Gasteiger partial charge is 0.263 e. The van der Waals surface area contributed by atoms with Gasteiger partial charge in [0.1, 0.15) is 9.71 Å². The molecule has 3 N–H and O–H groups in total. The lowest BCUT2D eigenvalue weighted by Crippen LogP contribution is -2.24. The lowest BCUT2D eigenvalue weighted by Gasteiger charge is -2.06. The molecule has 2 rings (SSSR count). The highest BCUT2D eigenvalue weighted by atomic mass is 32.1. The molecule has 0 unspecified atom stereocenters. The van der Waals surface area contributed by atoms with Crippen LogP contribution in [0.1, 0.15) is 42.8 Å². The number of amides is 1. The average Bonchev–Trinajstić information content (AvgIpc) is 2.76. The Morgan fingerprint density at radius 1 is 1.45 bits per heavy atom. The second kappa shape index (κ2) is 6.70. The minimum absolute atomic E-state index is 0.0879. The molecule has 0 radical (unpaired) electrons. The van der Waals surface area contributed by atoms with Crippen LogP contribution in [-0.2, 0) is 0 Å². The predicted molar refractivity (Wildman–Crippen MR) is 85.1 cm³/mol. The number of fused-ring (bicyclic) bond motifs is 1. The number of anilines is 1. The van der Waals surface area contributed by atoms with Crippen molar-refractivity contribution < 1.29 is 4.79 Å². The number of nitrogens with zero attached hydrogens (tertiary/aromatic N) is 1. The van der Waals surface area contributed by atoms with Crippen molar-refractivity contribution in [1.82, 2.24) is 10.3 Å². The van der Waals surface area contributed by atoms with Gasteiger partial charge in [0.25, 0.3) is 5.91 Å². The summed E-state index contributed by atoms with van der Waals surface area (Å²) in [6.07, 6.45) is 5.06. The zero-order valence-electron chi connectivity index (χ0n) is 12.0. The number of unbranched alkanes of at least 4 members (excludes halogenated alkanes) is 1. The molecule has 2 aromatic heterocycles. The second-order valence-corrected chi connectivity index (χ2v) is 6.35. The number of nitrogens with two attached hydrogens (primary N) is 1. The zero-order valence-corrected chi connectivity index (χ0v) is 12.8. The molecule has 0 aromatic carbocycles. The van der Waals surface area contributed by atoms with Gasteiger partial charge < -0.3 is 11.1 Å². The number of carbonyl (C=O) groups excluding carboxylic acids is 1. The molecule has 0 aliphatic heterocycles. The lowest BCUT2D eigenvalue weighted by molar-refractivity contribution is 0.0958. The van der Waals surface area contributed by atoms with E-state index in [1.54, 1.807) is 6.20 Å². The van der Waals surface area contributed by atoms with Gasteiger partial charge in [0.2, 0.25) is 0 Å². The molecular weight excluding hydrogens is 270 g/mol.